The summed E-state index contributed by atoms with van der Waals surface area (Å²) in [6.45, 7) is 4.83. The summed E-state index contributed by atoms with van der Waals surface area (Å²) < 4.78 is 9.89. The largest absolute Gasteiger partial charge is 0.491 e. The molecule has 6 heteroatoms. The molecule has 0 bridgehead atoms. The van der Waals surface area contributed by atoms with Gasteiger partial charge in [0.1, 0.15) is 36.0 Å². The quantitative estimate of drug-likeness (QED) is 0.575. The van der Waals surface area contributed by atoms with Gasteiger partial charge < -0.3 is 14.7 Å². The molecule has 4 rings (SSSR count). The number of rotatable bonds is 8. The Morgan fingerprint density at radius 2 is 1.69 bits per heavy atom. The number of nitrogen functional groups attached to an aromatic ring is 1. The number of ether oxygens (including phenoxy) is 1. The van der Waals surface area contributed by atoms with Crippen molar-refractivity contribution in [3.05, 3.63) is 54.6 Å². The normalized spacial score (nSPS) is 16.2. The Labute approximate surface area is 172 Å². The molecule has 0 unspecified atom stereocenters. The predicted octanol–water partition coefficient (Wildman–Crippen LogP) is 2.44. The van der Waals surface area contributed by atoms with Gasteiger partial charge in [-0.1, -0.05) is 36.8 Å². The molecular weight excluding hydrogens is 364 g/mol. The first-order valence-corrected chi connectivity index (χ1v) is 10.6. The highest BCUT2D eigenvalue weighted by Crippen LogP contribution is 2.17. The van der Waals surface area contributed by atoms with Crippen molar-refractivity contribution in [3.8, 4) is 5.75 Å². The number of benzene rings is 2. The van der Waals surface area contributed by atoms with Crippen LogP contribution in [0.1, 0.15) is 19.3 Å². The van der Waals surface area contributed by atoms with Crippen LogP contribution in [0.25, 0.3) is 11.0 Å². The van der Waals surface area contributed by atoms with Gasteiger partial charge in [-0.15, -0.1) is 0 Å². The molecule has 1 aromatic heterocycles. The summed E-state index contributed by atoms with van der Waals surface area (Å²) in [7, 11) is 0. The zero-order chi connectivity index (χ0) is 20.1. The number of fused-ring (bicyclic) bond motifs is 1. The van der Waals surface area contributed by atoms with Crippen LogP contribution in [0.15, 0.2) is 54.6 Å². The number of aliphatic hydroxyl groups excluding tert-OH is 1. The zero-order valence-corrected chi connectivity index (χ0v) is 16.9. The van der Waals surface area contributed by atoms with Crippen molar-refractivity contribution in [2.45, 2.75) is 38.5 Å². The minimum absolute atomic E-state index is 0.226. The number of hydrogen-bond acceptors (Lipinski definition) is 4. The highest BCUT2D eigenvalue weighted by Gasteiger charge is 2.23. The SMILES string of the molecule is Nc1n(CCN2CCCCC2)c2ccccc2[n+]1C[C@@H](O)COc1ccccc1. The number of piperidine rings is 1. The number of likely N-dealkylation sites (tertiary alicyclic amines) is 1. The lowest BCUT2D eigenvalue weighted by Gasteiger charge is -2.25. The van der Waals surface area contributed by atoms with E-state index in [1.165, 1.54) is 32.4 Å². The van der Waals surface area contributed by atoms with E-state index in [9.17, 15) is 5.11 Å². The van der Waals surface area contributed by atoms with E-state index in [2.05, 4.69) is 21.6 Å². The molecule has 154 valence electrons. The lowest BCUT2D eigenvalue weighted by molar-refractivity contribution is -0.665. The third-order valence-electron chi connectivity index (χ3n) is 5.68. The van der Waals surface area contributed by atoms with Crippen molar-refractivity contribution < 1.29 is 14.4 Å². The molecular formula is C23H31N4O2+. The van der Waals surface area contributed by atoms with Gasteiger partial charge in [0.25, 0.3) is 0 Å². The maximum atomic E-state index is 10.6. The van der Waals surface area contributed by atoms with E-state index in [-0.39, 0.29) is 6.61 Å². The van der Waals surface area contributed by atoms with Crippen LogP contribution in [0, 0.1) is 0 Å². The van der Waals surface area contributed by atoms with Crippen LogP contribution in [0.2, 0.25) is 0 Å². The molecule has 29 heavy (non-hydrogen) atoms. The van der Waals surface area contributed by atoms with E-state index in [1.807, 2.05) is 47.0 Å². The second-order valence-corrected chi connectivity index (χ2v) is 7.79. The van der Waals surface area contributed by atoms with E-state index in [4.69, 9.17) is 10.5 Å². The summed E-state index contributed by atoms with van der Waals surface area (Å²) in [5.74, 6) is 1.44. The Morgan fingerprint density at radius 3 is 2.48 bits per heavy atom. The third kappa shape index (κ3) is 4.71. The molecule has 3 aromatic rings. The minimum Gasteiger partial charge on any atom is -0.491 e. The molecule has 2 aromatic carbocycles. The standard InChI is InChI=1S/C23H30N4O2/c24-23-26(16-15-25-13-7-2-8-14-25)21-11-5-6-12-22(21)27(23)17-19(28)18-29-20-9-3-1-4-10-20/h1,3-6,9-12,19,24,28H,2,7-8,13-18H2/p+1/t19-/m1/s1. The summed E-state index contributed by atoms with van der Waals surface area (Å²) in [5, 5.41) is 10.6. The van der Waals surface area contributed by atoms with Crippen LogP contribution < -0.4 is 15.0 Å². The van der Waals surface area contributed by atoms with E-state index in [0.717, 1.165) is 29.9 Å². The molecule has 2 heterocycles. The molecule has 0 amide bonds. The zero-order valence-electron chi connectivity index (χ0n) is 16.9. The summed E-state index contributed by atoms with van der Waals surface area (Å²) in [5.41, 5.74) is 8.70. The minimum atomic E-state index is -0.649. The van der Waals surface area contributed by atoms with Gasteiger partial charge in [0.05, 0.1) is 6.54 Å². The molecule has 1 aliphatic rings. The van der Waals surface area contributed by atoms with Crippen LogP contribution in [-0.4, -0.2) is 46.9 Å². The summed E-state index contributed by atoms with van der Waals surface area (Å²) in [6, 6.07) is 17.8. The molecule has 1 saturated heterocycles. The van der Waals surface area contributed by atoms with Crippen LogP contribution in [0.5, 0.6) is 5.75 Å². The number of nitrogens with zero attached hydrogens (tertiary/aromatic N) is 3. The van der Waals surface area contributed by atoms with Crippen LogP contribution in [0.3, 0.4) is 0 Å². The van der Waals surface area contributed by atoms with Gasteiger partial charge in [0.15, 0.2) is 0 Å². The fraction of sp³-hybridized carbons (Fsp3) is 0.435. The van der Waals surface area contributed by atoms with E-state index < -0.39 is 6.10 Å². The second kappa shape index (κ2) is 9.29. The fourth-order valence-corrected chi connectivity index (χ4v) is 4.14. The lowest BCUT2D eigenvalue weighted by Crippen LogP contribution is -2.44. The number of hydrogen-bond donors (Lipinski definition) is 2. The number of imidazole rings is 1. The Balaban J connectivity index is 1.47. The predicted molar refractivity (Wildman–Crippen MR) is 115 cm³/mol. The van der Waals surface area contributed by atoms with Crippen molar-refractivity contribution in [2.24, 2.45) is 0 Å². The third-order valence-corrected chi connectivity index (χ3v) is 5.68. The Hall–Kier alpha value is -2.57. The summed E-state index contributed by atoms with van der Waals surface area (Å²) in [6.07, 6.45) is 3.27. The molecule has 0 radical (unpaired) electrons. The van der Waals surface area contributed by atoms with Crippen molar-refractivity contribution in [2.75, 3.05) is 32.0 Å². The molecule has 1 atom stereocenters. The molecule has 1 fully saturated rings. The average Bonchev–Trinajstić information content (AvgIpc) is 3.03. The van der Waals surface area contributed by atoms with E-state index in [1.54, 1.807) is 0 Å². The van der Waals surface area contributed by atoms with Crippen molar-refractivity contribution >= 4 is 17.0 Å². The van der Waals surface area contributed by atoms with Gasteiger partial charge in [0.2, 0.25) is 0 Å². The van der Waals surface area contributed by atoms with Crippen molar-refractivity contribution in [1.29, 1.82) is 0 Å². The van der Waals surface area contributed by atoms with Crippen LogP contribution >= 0.6 is 0 Å². The van der Waals surface area contributed by atoms with Gasteiger partial charge in [-0.3, -0.25) is 5.73 Å². The number of anilines is 1. The number of aliphatic hydroxyl groups is 1. The first kappa shape index (κ1) is 19.7. The fourth-order valence-electron chi connectivity index (χ4n) is 4.14. The summed E-state index contributed by atoms with van der Waals surface area (Å²) in [4.78, 5) is 2.52. The highest BCUT2D eigenvalue weighted by atomic mass is 16.5. The van der Waals surface area contributed by atoms with E-state index >= 15 is 0 Å². The first-order valence-electron chi connectivity index (χ1n) is 10.6. The van der Waals surface area contributed by atoms with Gasteiger partial charge in [-0.25, -0.2) is 9.13 Å². The molecule has 0 spiro atoms. The Morgan fingerprint density at radius 1 is 0.966 bits per heavy atom. The van der Waals surface area contributed by atoms with Gasteiger partial charge in [-0.05, 0) is 50.2 Å². The highest BCUT2D eigenvalue weighted by molar-refractivity contribution is 5.73. The maximum Gasteiger partial charge on any atom is 0.356 e. The number of nitrogens with two attached hydrogens (primary N) is 1. The summed E-state index contributed by atoms with van der Waals surface area (Å²) >= 11 is 0. The second-order valence-electron chi connectivity index (χ2n) is 7.79. The number of aromatic nitrogens is 2. The smallest absolute Gasteiger partial charge is 0.356 e. The average molecular weight is 396 g/mol. The number of para-hydroxylation sites is 3. The Kier molecular flexibility index (Phi) is 6.32. The maximum absolute atomic E-state index is 10.6. The van der Waals surface area contributed by atoms with E-state index in [0.29, 0.717) is 12.5 Å². The monoisotopic (exact) mass is 395 g/mol. The lowest BCUT2D eigenvalue weighted by atomic mass is 10.1. The Bertz CT molecular complexity index is 919. The van der Waals surface area contributed by atoms with Gasteiger partial charge >= 0.3 is 5.95 Å². The molecule has 1 aliphatic heterocycles. The van der Waals surface area contributed by atoms with Crippen molar-refractivity contribution in [1.82, 2.24) is 9.47 Å². The molecule has 0 aliphatic carbocycles. The van der Waals surface area contributed by atoms with Crippen molar-refractivity contribution in [3.63, 3.8) is 0 Å². The molecule has 6 nitrogen and oxygen atoms in total. The molecule has 0 saturated carbocycles. The van der Waals surface area contributed by atoms with Crippen LogP contribution in [-0.2, 0) is 13.1 Å². The molecule has 3 N–H and O–H groups in total. The topological polar surface area (TPSA) is 67.5 Å². The van der Waals surface area contributed by atoms with Gasteiger partial charge in [0, 0.05) is 6.54 Å². The first-order chi connectivity index (χ1) is 14.2. The van der Waals surface area contributed by atoms with Gasteiger partial charge in [-0.2, -0.15) is 0 Å². The van der Waals surface area contributed by atoms with Crippen LogP contribution in [0.4, 0.5) is 5.95 Å².